The van der Waals surface area contributed by atoms with Crippen molar-refractivity contribution in [3.63, 3.8) is 0 Å². The van der Waals surface area contributed by atoms with Gasteiger partial charge in [0.25, 0.3) is 5.91 Å². The maximum Gasteiger partial charge on any atom is 0.266 e. The molecule has 2 aromatic heterocycles. The lowest BCUT2D eigenvalue weighted by molar-refractivity contribution is 0.103. The summed E-state index contributed by atoms with van der Waals surface area (Å²) in [5.41, 5.74) is 1.66. The van der Waals surface area contributed by atoms with Crippen molar-refractivity contribution < 1.29 is 4.79 Å². The molecule has 1 aliphatic heterocycles. The van der Waals surface area contributed by atoms with Crippen molar-refractivity contribution in [2.45, 2.75) is 26.7 Å². The van der Waals surface area contributed by atoms with Gasteiger partial charge in [-0.2, -0.15) is 0 Å². The molecule has 0 spiro atoms. The zero-order chi connectivity index (χ0) is 18.3. The van der Waals surface area contributed by atoms with Crippen molar-refractivity contribution in [2.75, 3.05) is 23.3 Å². The van der Waals surface area contributed by atoms with E-state index in [1.165, 1.54) is 24.2 Å². The lowest BCUT2D eigenvalue weighted by atomic mass is 10.2. The molecule has 3 aromatic rings. The number of rotatable bonds is 3. The van der Waals surface area contributed by atoms with Crippen LogP contribution in [0.4, 0.5) is 11.5 Å². The molecule has 5 nitrogen and oxygen atoms in total. The summed E-state index contributed by atoms with van der Waals surface area (Å²) in [7, 11) is 0. The van der Waals surface area contributed by atoms with Gasteiger partial charge in [0.1, 0.15) is 16.5 Å². The van der Waals surface area contributed by atoms with Crippen LogP contribution in [0.25, 0.3) is 10.2 Å². The highest BCUT2D eigenvalue weighted by Gasteiger charge is 2.24. The Bertz CT molecular complexity index is 977. The van der Waals surface area contributed by atoms with Gasteiger partial charge in [0.05, 0.1) is 10.3 Å². The summed E-state index contributed by atoms with van der Waals surface area (Å²) < 4.78 is 0. The average Bonchev–Trinajstić information content (AvgIpc) is 3.25. The van der Waals surface area contributed by atoms with Crippen LogP contribution in [-0.4, -0.2) is 29.0 Å². The van der Waals surface area contributed by atoms with Gasteiger partial charge < -0.3 is 10.2 Å². The zero-order valence-corrected chi connectivity index (χ0v) is 16.2. The molecule has 0 bridgehead atoms. The quantitative estimate of drug-likeness (QED) is 0.701. The van der Waals surface area contributed by atoms with E-state index in [1.54, 1.807) is 24.3 Å². The summed E-state index contributed by atoms with van der Waals surface area (Å²) in [5, 5.41) is 4.59. The van der Waals surface area contributed by atoms with Crippen LogP contribution < -0.4 is 10.2 Å². The summed E-state index contributed by atoms with van der Waals surface area (Å²) in [6, 6.07) is 7.11. The SMILES string of the molecule is Cc1nc(N2CCCC2)c2c(C)c(C(=O)Nc3ccc(Cl)cc3)sc2n1. The van der Waals surface area contributed by atoms with E-state index in [9.17, 15) is 4.79 Å². The number of nitrogens with zero attached hydrogens (tertiary/aromatic N) is 3. The predicted octanol–water partition coefficient (Wildman–Crippen LogP) is 4.81. The van der Waals surface area contributed by atoms with Gasteiger partial charge in [0.15, 0.2) is 0 Å². The summed E-state index contributed by atoms with van der Waals surface area (Å²) >= 11 is 7.33. The number of carbonyl (C=O) groups excluding carboxylic acids is 1. The minimum absolute atomic E-state index is 0.127. The van der Waals surface area contributed by atoms with E-state index >= 15 is 0 Å². The van der Waals surface area contributed by atoms with Gasteiger partial charge in [-0.3, -0.25) is 4.79 Å². The van der Waals surface area contributed by atoms with Crippen LogP contribution in [0.3, 0.4) is 0 Å². The highest BCUT2D eigenvalue weighted by molar-refractivity contribution is 7.20. The monoisotopic (exact) mass is 386 g/mol. The number of amides is 1. The Morgan fingerprint density at radius 1 is 1.15 bits per heavy atom. The van der Waals surface area contributed by atoms with Crippen molar-refractivity contribution in [1.29, 1.82) is 0 Å². The van der Waals surface area contributed by atoms with E-state index in [1.807, 2.05) is 13.8 Å². The number of nitrogens with one attached hydrogen (secondary N) is 1. The number of thiophene rings is 1. The van der Waals surface area contributed by atoms with Crippen LogP contribution in [-0.2, 0) is 0 Å². The highest BCUT2D eigenvalue weighted by atomic mass is 35.5. The van der Waals surface area contributed by atoms with Crippen molar-refractivity contribution in [3.05, 3.63) is 45.6 Å². The fraction of sp³-hybridized carbons (Fsp3) is 0.316. The molecule has 1 saturated heterocycles. The standard InChI is InChI=1S/C19H19ClN4OS/c1-11-15-17(24-9-3-4-10-24)21-12(2)22-19(15)26-16(11)18(25)23-14-7-5-13(20)6-8-14/h5-8H,3-4,9-10H2,1-2H3,(H,23,25). The lowest BCUT2D eigenvalue weighted by Gasteiger charge is -2.18. The van der Waals surface area contributed by atoms with Crippen molar-refractivity contribution in [1.82, 2.24) is 9.97 Å². The molecule has 26 heavy (non-hydrogen) atoms. The first-order valence-electron chi connectivity index (χ1n) is 8.62. The predicted molar refractivity (Wildman–Crippen MR) is 108 cm³/mol. The number of benzene rings is 1. The fourth-order valence-electron chi connectivity index (χ4n) is 3.32. The topological polar surface area (TPSA) is 58.1 Å². The number of carbonyl (C=O) groups is 1. The Balaban J connectivity index is 1.73. The Morgan fingerprint density at radius 3 is 2.54 bits per heavy atom. The molecule has 1 amide bonds. The van der Waals surface area contributed by atoms with E-state index in [2.05, 4.69) is 20.2 Å². The van der Waals surface area contributed by atoms with Gasteiger partial charge >= 0.3 is 0 Å². The molecule has 1 fully saturated rings. The normalized spacial score (nSPS) is 14.2. The van der Waals surface area contributed by atoms with E-state index in [0.717, 1.165) is 46.2 Å². The number of hydrogen-bond donors (Lipinski definition) is 1. The second kappa shape index (κ2) is 6.85. The molecule has 134 valence electrons. The molecule has 4 rings (SSSR count). The second-order valence-electron chi connectivity index (χ2n) is 6.49. The van der Waals surface area contributed by atoms with Gasteiger partial charge in [-0.05, 0) is 56.5 Å². The molecule has 1 aromatic carbocycles. The third-order valence-corrected chi connectivity index (χ3v) is 6.03. The average molecular weight is 387 g/mol. The number of anilines is 2. The Morgan fingerprint density at radius 2 is 1.85 bits per heavy atom. The number of aryl methyl sites for hydroxylation is 2. The van der Waals surface area contributed by atoms with E-state index < -0.39 is 0 Å². The second-order valence-corrected chi connectivity index (χ2v) is 7.92. The first-order chi connectivity index (χ1) is 12.5. The molecule has 3 heterocycles. The first kappa shape index (κ1) is 17.2. The summed E-state index contributed by atoms with van der Waals surface area (Å²) in [6.45, 7) is 5.90. The third-order valence-electron chi connectivity index (χ3n) is 4.60. The lowest BCUT2D eigenvalue weighted by Crippen LogP contribution is -2.20. The van der Waals surface area contributed by atoms with Crippen LogP contribution in [0.2, 0.25) is 5.02 Å². The van der Waals surface area contributed by atoms with Crippen molar-refractivity contribution in [3.8, 4) is 0 Å². The smallest absolute Gasteiger partial charge is 0.266 e. The van der Waals surface area contributed by atoms with Gasteiger partial charge in [-0.25, -0.2) is 9.97 Å². The Hall–Kier alpha value is -2.18. The van der Waals surface area contributed by atoms with Crippen LogP contribution in [0.15, 0.2) is 24.3 Å². The van der Waals surface area contributed by atoms with Crippen molar-refractivity contribution in [2.24, 2.45) is 0 Å². The number of aromatic nitrogens is 2. The maximum atomic E-state index is 12.8. The van der Waals surface area contributed by atoms with Gasteiger partial charge in [-0.1, -0.05) is 11.6 Å². The van der Waals surface area contributed by atoms with Crippen LogP contribution >= 0.6 is 22.9 Å². The Kier molecular flexibility index (Phi) is 4.54. The molecule has 1 N–H and O–H groups in total. The number of hydrogen-bond acceptors (Lipinski definition) is 5. The molecule has 0 atom stereocenters. The van der Waals surface area contributed by atoms with Crippen LogP contribution in [0, 0.1) is 13.8 Å². The minimum atomic E-state index is -0.127. The highest BCUT2D eigenvalue weighted by Crippen LogP contribution is 2.36. The van der Waals surface area contributed by atoms with Crippen LogP contribution in [0.5, 0.6) is 0 Å². The molecular formula is C19H19ClN4OS. The summed E-state index contributed by atoms with van der Waals surface area (Å²) in [4.78, 5) is 25.9. The van der Waals surface area contributed by atoms with Crippen LogP contribution in [0.1, 0.15) is 33.9 Å². The van der Waals surface area contributed by atoms with Crippen molar-refractivity contribution >= 4 is 50.6 Å². The van der Waals surface area contributed by atoms with Gasteiger partial charge in [-0.15, -0.1) is 11.3 Å². The molecular weight excluding hydrogens is 368 g/mol. The summed E-state index contributed by atoms with van der Waals surface area (Å²) in [5.74, 6) is 1.58. The maximum absolute atomic E-state index is 12.8. The number of halogens is 1. The molecule has 7 heteroatoms. The molecule has 1 aliphatic rings. The Labute approximate surface area is 161 Å². The van der Waals surface area contributed by atoms with E-state index in [-0.39, 0.29) is 5.91 Å². The number of fused-ring (bicyclic) bond motifs is 1. The summed E-state index contributed by atoms with van der Waals surface area (Å²) in [6.07, 6.45) is 2.36. The van der Waals surface area contributed by atoms with Gasteiger partial charge in [0.2, 0.25) is 0 Å². The zero-order valence-electron chi connectivity index (χ0n) is 14.7. The fourth-order valence-corrected chi connectivity index (χ4v) is 4.56. The van der Waals surface area contributed by atoms with E-state index in [0.29, 0.717) is 9.90 Å². The van der Waals surface area contributed by atoms with Gasteiger partial charge in [0, 0.05) is 23.8 Å². The third kappa shape index (κ3) is 3.15. The molecule has 0 saturated carbocycles. The first-order valence-corrected chi connectivity index (χ1v) is 9.82. The molecule has 0 unspecified atom stereocenters. The largest absolute Gasteiger partial charge is 0.356 e. The molecule has 0 aliphatic carbocycles. The minimum Gasteiger partial charge on any atom is -0.356 e. The molecule has 0 radical (unpaired) electrons. The van der Waals surface area contributed by atoms with E-state index in [4.69, 9.17) is 11.6 Å².